The Balaban J connectivity index is 3.07. The zero-order valence-electron chi connectivity index (χ0n) is 13.0. The topological polar surface area (TPSA) is 20.3 Å². The second-order valence-corrected chi connectivity index (χ2v) is 6.38. The highest BCUT2D eigenvalue weighted by Gasteiger charge is 2.30. The lowest BCUT2D eigenvalue weighted by molar-refractivity contribution is -0.135. The minimum absolute atomic E-state index is 0.0392. The molecule has 0 saturated heterocycles. The maximum Gasteiger partial charge on any atom is 0.230 e. The van der Waals surface area contributed by atoms with E-state index in [1.807, 2.05) is 23.1 Å². The smallest absolute Gasteiger partial charge is 0.230 e. The Hall–Kier alpha value is -0.830. The van der Waals surface area contributed by atoms with Gasteiger partial charge >= 0.3 is 0 Å². The molecule has 1 aromatic carbocycles. The molecule has 1 amide bonds. The van der Waals surface area contributed by atoms with Gasteiger partial charge in [-0.05, 0) is 25.3 Å². The number of amides is 1. The largest absolute Gasteiger partial charge is 0.339 e. The highest BCUT2D eigenvalue weighted by molar-refractivity contribution is 9.09. The van der Waals surface area contributed by atoms with Crippen molar-refractivity contribution < 1.29 is 4.79 Å². The predicted molar refractivity (Wildman–Crippen MR) is 89.3 cm³/mol. The van der Waals surface area contributed by atoms with Crippen molar-refractivity contribution in [2.24, 2.45) is 5.92 Å². The first-order chi connectivity index (χ1) is 9.52. The highest BCUT2D eigenvalue weighted by Crippen LogP contribution is 2.29. The van der Waals surface area contributed by atoms with Crippen LogP contribution in [-0.4, -0.2) is 28.7 Å². The Bertz CT molecular complexity index is 405. The second-order valence-electron chi connectivity index (χ2n) is 5.59. The minimum atomic E-state index is -0.0392. The van der Waals surface area contributed by atoms with Gasteiger partial charge in [0.05, 0.1) is 5.92 Å². The van der Waals surface area contributed by atoms with Crippen LogP contribution in [0.3, 0.4) is 0 Å². The zero-order valence-corrected chi connectivity index (χ0v) is 14.6. The molecule has 0 radical (unpaired) electrons. The number of nitrogens with zero attached hydrogens (tertiary/aromatic N) is 1. The number of hydrogen-bond acceptors (Lipinski definition) is 1. The highest BCUT2D eigenvalue weighted by atomic mass is 79.9. The Labute approximate surface area is 131 Å². The van der Waals surface area contributed by atoms with Crippen LogP contribution in [0.1, 0.15) is 45.6 Å². The summed E-state index contributed by atoms with van der Waals surface area (Å²) < 4.78 is 0. The molecule has 3 heteroatoms. The summed E-state index contributed by atoms with van der Waals surface area (Å²) in [6, 6.07) is 10.4. The molecular weight excluding hydrogens is 314 g/mol. The van der Waals surface area contributed by atoms with E-state index >= 15 is 0 Å². The van der Waals surface area contributed by atoms with Crippen LogP contribution < -0.4 is 0 Å². The first kappa shape index (κ1) is 17.2. The van der Waals surface area contributed by atoms with E-state index in [1.54, 1.807) is 0 Å². The molecule has 0 fully saturated rings. The number of rotatable bonds is 7. The van der Waals surface area contributed by atoms with E-state index in [1.165, 1.54) is 0 Å². The molecule has 0 saturated carbocycles. The van der Waals surface area contributed by atoms with Gasteiger partial charge in [0.1, 0.15) is 0 Å². The lowest BCUT2D eigenvalue weighted by atomic mass is 9.84. The van der Waals surface area contributed by atoms with Gasteiger partial charge in [-0.2, -0.15) is 0 Å². The third-order valence-electron chi connectivity index (χ3n) is 3.87. The van der Waals surface area contributed by atoms with E-state index in [0.29, 0.717) is 5.92 Å². The molecule has 1 rings (SSSR count). The quantitative estimate of drug-likeness (QED) is 0.672. The fourth-order valence-electron chi connectivity index (χ4n) is 2.50. The van der Waals surface area contributed by atoms with Crippen molar-refractivity contribution in [2.45, 2.75) is 46.1 Å². The molecule has 112 valence electrons. The van der Waals surface area contributed by atoms with E-state index in [4.69, 9.17) is 0 Å². The van der Waals surface area contributed by atoms with Gasteiger partial charge in [0.25, 0.3) is 0 Å². The van der Waals surface area contributed by atoms with E-state index in [-0.39, 0.29) is 17.9 Å². The molecule has 0 aliphatic heterocycles. The summed E-state index contributed by atoms with van der Waals surface area (Å²) in [5.41, 5.74) is 1.13. The normalized spacial score (nSPS) is 14.1. The van der Waals surface area contributed by atoms with Crippen molar-refractivity contribution in [1.29, 1.82) is 0 Å². The van der Waals surface area contributed by atoms with Crippen molar-refractivity contribution >= 4 is 21.8 Å². The Kier molecular flexibility index (Phi) is 7.28. The summed E-state index contributed by atoms with van der Waals surface area (Å²) in [4.78, 5) is 15.0. The van der Waals surface area contributed by atoms with Crippen molar-refractivity contribution in [2.75, 3.05) is 11.9 Å². The fraction of sp³-hybridized carbons (Fsp3) is 0.588. The molecule has 2 unspecified atom stereocenters. The third kappa shape index (κ3) is 4.34. The first-order valence-corrected chi connectivity index (χ1v) is 8.56. The van der Waals surface area contributed by atoms with Gasteiger partial charge in [0.15, 0.2) is 0 Å². The van der Waals surface area contributed by atoms with Gasteiger partial charge < -0.3 is 4.90 Å². The summed E-state index contributed by atoms with van der Waals surface area (Å²) in [5.74, 6) is 0.559. The van der Waals surface area contributed by atoms with Crippen LogP contribution in [0.25, 0.3) is 0 Å². The van der Waals surface area contributed by atoms with Gasteiger partial charge in [0.2, 0.25) is 5.91 Å². The van der Waals surface area contributed by atoms with Crippen LogP contribution in [0.15, 0.2) is 30.3 Å². The minimum Gasteiger partial charge on any atom is -0.339 e. The molecule has 2 atom stereocenters. The van der Waals surface area contributed by atoms with Gasteiger partial charge in [-0.3, -0.25) is 4.79 Å². The molecule has 0 aromatic heterocycles. The monoisotopic (exact) mass is 339 g/mol. The zero-order chi connectivity index (χ0) is 15.1. The molecule has 0 N–H and O–H groups in total. The molecule has 0 bridgehead atoms. The third-order valence-corrected chi connectivity index (χ3v) is 4.22. The molecule has 1 aromatic rings. The van der Waals surface area contributed by atoms with Gasteiger partial charge in [-0.15, -0.1) is 0 Å². The number of carbonyl (C=O) groups excluding carboxylic acids is 1. The van der Waals surface area contributed by atoms with Crippen LogP contribution in [0.2, 0.25) is 0 Å². The van der Waals surface area contributed by atoms with Gasteiger partial charge in [0, 0.05) is 17.9 Å². The average Bonchev–Trinajstić information content (AvgIpc) is 2.45. The standard InChI is InChI=1S/C17H26BrNO/c1-5-14(4)16(15-9-7-6-8-10-15)17(20)19(12-11-18)13(2)3/h6-10,13-14,16H,5,11-12H2,1-4H3. The Morgan fingerprint density at radius 2 is 1.80 bits per heavy atom. The van der Waals surface area contributed by atoms with E-state index < -0.39 is 0 Å². The van der Waals surface area contributed by atoms with Crippen molar-refractivity contribution in [1.82, 2.24) is 4.90 Å². The van der Waals surface area contributed by atoms with Crippen LogP contribution in [-0.2, 0) is 4.79 Å². The molecule has 0 aliphatic carbocycles. The van der Waals surface area contributed by atoms with Crippen LogP contribution in [0.5, 0.6) is 0 Å². The SMILES string of the molecule is CCC(C)C(C(=O)N(CCBr)C(C)C)c1ccccc1. The Morgan fingerprint density at radius 1 is 1.20 bits per heavy atom. The number of benzene rings is 1. The number of carbonyl (C=O) groups is 1. The lowest BCUT2D eigenvalue weighted by Crippen LogP contribution is -2.42. The van der Waals surface area contributed by atoms with Gasteiger partial charge in [-0.25, -0.2) is 0 Å². The summed E-state index contributed by atoms with van der Waals surface area (Å²) in [6.07, 6.45) is 1.01. The summed E-state index contributed by atoms with van der Waals surface area (Å²) >= 11 is 3.45. The molecule has 20 heavy (non-hydrogen) atoms. The number of alkyl halides is 1. The molecular formula is C17H26BrNO. The Morgan fingerprint density at radius 3 is 2.25 bits per heavy atom. The molecule has 0 spiro atoms. The fourth-order valence-corrected chi connectivity index (χ4v) is 2.89. The number of halogens is 1. The van der Waals surface area contributed by atoms with E-state index in [9.17, 15) is 4.79 Å². The summed E-state index contributed by atoms with van der Waals surface area (Å²) in [6.45, 7) is 9.25. The van der Waals surface area contributed by atoms with Crippen molar-refractivity contribution in [3.63, 3.8) is 0 Å². The molecule has 0 aliphatic rings. The van der Waals surface area contributed by atoms with Crippen LogP contribution in [0, 0.1) is 5.92 Å². The maximum absolute atomic E-state index is 13.0. The maximum atomic E-state index is 13.0. The average molecular weight is 340 g/mol. The molecule has 2 nitrogen and oxygen atoms in total. The predicted octanol–water partition coefficient (Wildman–Crippen LogP) is 4.45. The summed E-state index contributed by atoms with van der Waals surface area (Å²) in [5, 5.41) is 0.818. The van der Waals surface area contributed by atoms with Crippen molar-refractivity contribution in [3.05, 3.63) is 35.9 Å². The lowest BCUT2D eigenvalue weighted by Gasteiger charge is -2.33. The second kappa shape index (κ2) is 8.46. The number of hydrogen-bond donors (Lipinski definition) is 0. The van der Waals surface area contributed by atoms with Crippen molar-refractivity contribution in [3.8, 4) is 0 Å². The molecule has 0 heterocycles. The first-order valence-electron chi connectivity index (χ1n) is 7.44. The summed E-state index contributed by atoms with van der Waals surface area (Å²) in [7, 11) is 0. The van der Waals surface area contributed by atoms with E-state index in [2.05, 4.69) is 55.8 Å². The van der Waals surface area contributed by atoms with Crippen LogP contribution >= 0.6 is 15.9 Å². The van der Waals surface area contributed by atoms with Gasteiger partial charge in [-0.1, -0.05) is 66.5 Å². The van der Waals surface area contributed by atoms with Crippen LogP contribution in [0.4, 0.5) is 0 Å². The van der Waals surface area contributed by atoms with E-state index in [0.717, 1.165) is 23.9 Å².